The number of carbonyl (C=O) groups is 1. The lowest BCUT2D eigenvalue weighted by Crippen LogP contribution is -2.25. The second kappa shape index (κ2) is 13.5. The third kappa shape index (κ3) is 9.02. The van der Waals surface area contributed by atoms with E-state index in [1.54, 1.807) is 12.1 Å². The van der Waals surface area contributed by atoms with E-state index in [2.05, 4.69) is 76.3 Å². The Morgan fingerprint density at radius 3 is 2.29 bits per heavy atom. The van der Waals surface area contributed by atoms with Gasteiger partial charge in [-0.15, -0.1) is 0 Å². The predicted octanol–water partition coefficient (Wildman–Crippen LogP) is 5.78. The summed E-state index contributed by atoms with van der Waals surface area (Å²) < 4.78 is 22.7. The highest BCUT2D eigenvalue weighted by Gasteiger charge is 2.26. The lowest BCUT2D eigenvalue weighted by Gasteiger charge is -2.36. The smallest absolute Gasteiger partial charge is 0.291 e. The Morgan fingerprint density at radius 2 is 1.71 bits per heavy atom. The number of amides is 1. The Kier molecular flexibility index (Phi) is 10.5. The van der Waals surface area contributed by atoms with Gasteiger partial charge in [0, 0.05) is 12.6 Å². The highest BCUT2D eigenvalue weighted by atomic mass is 32.3. The van der Waals surface area contributed by atoms with Gasteiger partial charge in [0.2, 0.25) is 17.7 Å². The molecule has 0 aliphatic rings. The van der Waals surface area contributed by atoms with Crippen LogP contribution in [0.4, 0.5) is 11.6 Å². The van der Waals surface area contributed by atoms with E-state index in [4.69, 9.17) is 18.6 Å². The molecule has 3 aromatic rings. The van der Waals surface area contributed by atoms with Crippen molar-refractivity contribution < 1.29 is 23.4 Å². The molecule has 0 fully saturated rings. The molecule has 0 saturated heterocycles. The second-order valence-electron chi connectivity index (χ2n) is 11.8. The van der Waals surface area contributed by atoms with Crippen molar-refractivity contribution in [3.05, 3.63) is 47.2 Å². The fourth-order valence-electron chi connectivity index (χ4n) is 4.57. The molecule has 0 bridgehead atoms. The molecule has 2 heterocycles. The predicted molar refractivity (Wildman–Crippen MR) is 168 cm³/mol. The number of carbonyl (C=O) groups excluding carboxylic acids is 1. The number of aromatic nitrogens is 2. The molecule has 2 N–H and O–H groups in total. The largest absolute Gasteiger partial charge is 0.479 e. The van der Waals surface area contributed by atoms with Gasteiger partial charge in [-0.05, 0) is 87.2 Å². The maximum absolute atomic E-state index is 13.1. The lowest BCUT2D eigenvalue weighted by molar-refractivity contribution is 0.0990. The van der Waals surface area contributed by atoms with Crippen LogP contribution in [0.3, 0.4) is 0 Å². The number of rotatable bonds is 14. The number of ether oxygens (including phenoxy) is 3. The van der Waals surface area contributed by atoms with Crippen molar-refractivity contribution in [2.75, 3.05) is 76.6 Å². The van der Waals surface area contributed by atoms with Crippen LogP contribution < -0.4 is 24.8 Å². The van der Waals surface area contributed by atoms with E-state index in [0.717, 1.165) is 24.3 Å². The highest BCUT2D eigenvalue weighted by molar-refractivity contribution is 8.32. The topological polar surface area (TPSA) is 111 Å². The van der Waals surface area contributed by atoms with E-state index in [0.29, 0.717) is 18.2 Å². The molecule has 226 valence electrons. The van der Waals surface area contributed by atoms with Crippen LogP contribution in [0.2, 0.25) is 0 Å². The first-order valence-electron chi connectivity index (χ1n) is 13.5. The molecule has 0 spiro atoms. The van der Waals surface area contributed by atoms with Crippen LogP contribution in [0.25, 0.3) is 0 Å². The van der Waals surface area contributed by atoms with Crippen LogP contribution in [0, 0.1) is 6.92 Å². The maximum Gasteiger partial charge on any atom is 0.291 e. The van der Waals surface area contributed by atoms with Crippen LogP contribution in [0.15, 0.2) is 34.7 Å². The molecule has 0 aliphatic carbocycles. The molecule has 0 radical (unpaired) electrons. The van der Waals surface area contributed by atoms with Gasteiger partial charge in [0.25, 0.3) is 11.9 Å². The Balaban J connectivity index is 1.75. The molecule has 41 heavy (non-hydrogen) atoms. The summed E-state index contributed by atoms with van der Waals surface area (Å²) in [6, 6.07) is 9.45. The minimum atomic E-state index is -0.701. The number of benzene rings is 1. The number of hydrogen-bond donors (Lipinski definition) is 2. The molecule has 11 heteroatoms. The molecule has 0 atom stereocenters. The number of furan rings is 1. The summed E-state index contributed by atoms with van der Waals surface area (Å²) in [6.45, 7) is 8.09. The number of nitrogens with one attached hydrogen (secondary N) is 2. The fraction of sp³-hybridized carbons (Fsp3) is 0.500. The van der Waals surface area contributed by atoms with Crippen molar-refractivity contribution in [2.45, 2.75) is 32.6 Å². The van der Waals surface area contributed by atoms with Gasteiger partial charge in [0.05, 0.1) is 14.2 Å². The molecule has 1 amide bonds. The highest BCUT2D eigenvalue weighted by Crippen LogP contribution is 2.44. The van der Waals surface area contributed by atoms with Gasteiger partial charge >= 0.3 is 0 Å². The molecule has 0 saturated carbocycles. The first kappa shape index (κ1) is 32.1. The van der Waals surface area contributed by atoms with Gasteiger partial charge < -0.3 is 34.2 Å². The zero-order valence-electron chi connectivity index (χ0n) is 26.0. The minimum Gasteiger partial charge on any atom is -0.479 e. The van der Waals surface area contributed by atoms with E-state index >= 15 is 0 Å². The number of anilines is 2. The van der Waals surface area contributed by atoms with Crippen LogP contribution in [-0.2, 0) is 5.41 Å². The van der Waals surface area contributed by atoms with Gasteiger partial charge in [0.15, 0.2) is 11.4 Å². The first-order valence-corrected chi connectivity index (χ1v) is 16.5. The van der Waals surface area contributed by atoms with E-state index < -0.39 is 15.9 Å². The van der Waals surface area contributed by atoms with E-state index in [-0.39, 0.29) is 34.6 Å². The Bertz CT molecular complexity index is 1310. The zero-order chi connectivity index (χ0) is 30.4. The molecule has 3 rings (SSSR count). The monoisotopic (exact) mass is 587 g/mol. The normalized spacial score (nSPS) is 12.3. The molecule has 0 unspecified atom stereocenters. The number of aryl methyl sites for hydroxylation is 1. The van der Waals surface area contributed by atoms with Gasteiger partial charge in [-0.3, -0.25) is 4.79 Å². The van der Waals surface area contributed by atoms with Crippen molar-refractivity contribution in [2.24, 2.45) is 0 Å². The molecule has 0 aliphatic heterocycles. The minimum absolute atomic E-state index is 0.00885. The van der Waals surface area contributed by atoms with E-state index in [1.165, 1.54) is 19.8 Å². The number of hydrogen-bond acceptors (Lipinski definition) is 9. The van der Waals surface area contributed by atoms with Crippen LogP contribution in [-0.4, -0.2) is 86.7 Å². The van der Waals surface area contributed by atoms with E-state index in [1.807, 2.05) is 21.0 Å². The average molecular weight is 588 g/mol. The molecular weight excluding hydrogens is 542 g/mol. The summed E-state index contributed by atoms with van der Waals surface area (Å²) in [5.41, 5.74) is 2.35. The lowest BCUT2D eigenvalue weighted by atomic mass is 9.86. The standard InChI is InChI=1S/C30H45N5O5S/c1-20-12-13-21(30(2,3)19-41(8,9)10)18-23(20)40-24-15-14-22(39-24)26(36)32-25-27(37-6)33-29(34-28(25)38-7)31-16-11-17-35(4)5/h12-15,18H,11,16-17,19H2,1-10H3,(H,32,36)(H,31,33,34). The summed E-state index contributed by atoms with van der Waals surface area (Å²) in [6.07, 6.45) is 7.88. The van der Waals surface area contributed by atoms with Crippen molar-refractivity contribution in [1.29, 1.82) is 0 Å². The third-order valence-corrected chi connectivity index (χ3v) is 7.90. The van der Waals surface area contributed by atoms with Crippen molar-refractivity contribution >= 4 is 27.6 Å². The fourth-order valence-corrected chi connectivity index (χ4v) is 6.91. The van der Waals surface area contributed by atoms with E-state index in [9.17, 15) is 4.79 Å². The Hall–Kier alpha value is -3.44. The van der Waals surface area contributed by atoms with Gasteiger partial charge in [-0.2, -0.15) is 9.97 Å². The maximum atomic E-state index is 13.1. The van der Waals surface area contributed by atoms with Crippen molar-refractivity contribution in [1.82, 2.24) is 14.9 Å². The summed E-state index contributed by atoms with van der Waals surface area (Å²) in [4.78, 5) is 24.0. The van der Waals surface area contributed by atoms with Crippen LogP contribution >= 0.6 is 10.0 Å². The first-order chi connectivity index (χ1) is 19.2. The molecule has 1 aromatic carbocycles. The molecular formula is C30H45N5O5S. The second-order valence-corrected chi connectivity index (χ2v) is 16.3. The summed E-state index contributed by atoms with van der Waals surface area (Å²) in [7, 11) is 6.26. The van der Waals surface area contributed by atoms with Crippen LogP contribution in [0.5, 0.6) is 23.5 Å². The van der Waals surface area contributed by atoms with Gasteiger partial charge in [-0.1, -0.05) is 26.0 Å². The summed E-state index contributed by atoms with van der Waals surface area (Å²) in [5, 5.41) is 5.91. The van der Waals surface area contributed by atoms with Gasteiger partial charge in [0.1, 0.15) is 5.75 Å². The average Bonchev–Trinajstić information content (AvgIpc) is 3.35. The number of nitrogens with zero attached hydrogens (tertiary/aromatic N) is 3. The Morgan fingerprint density at radius 1 is 1.05 bits per heavy atom. The zero-order valence-corrected chi connectivity index (χ0v) is 26.8. The SMILES string of the molecule is COc1nc(NCCCN(C)C)nc(OC)c1NC(=O)c1ccc(Oc2cc(C(C)(C)CS(C)(C)C)ccc2C)o1. The summed E-state index contributed by atoms with van der Waals surface area (Å²) >= 11 is 0. The van der Waals surface area contributed by atoms with Crippen molar-refractivity contribution in [3.63, 3.8) is 0 Å². The van der Waals surface area contributed by atoms with Crippen LogP contribution in [0.1, 0.15) is 41.9 Å². The Labute approximate surface area is 245 Å². The molecule has 10 nitrogen and oxygen atoms in total. The quantitative estimate of drug-likeness (QED) is 0.227. The number of methoxy groups -OCH3 is 2. The third-order valence-electron chi connectivity index (χ3n) is 6.31. The molecule has 2 aromatic heterocycles. The van der Waals surface area contributed by atoms with Gasteiger partial charge in [-0.25, -0.2) is 10.0 Å². The van der Waals surface area contributed by atoms with Crippen molar-refractivity contribution in [3.8, 4) is 23.5 Å². The summed E-state index contributed by atoms with van der Waals surface area (Å²) in [5.74, 6) is 2.19.